The number of hydrogen-bond acceptors (Lipinski definition) is 5. The summed E-state index contributed by atoms with van der Waals surface area (Å²) >= 11 is 0. The number of aromatic nitrogens is 3. The van der Waals surface area contributed by atoms with Crippen molar-refractivity contribution in [1.82, 2.24) is 14.8 Å². The number of amides is 1. The highest BCUT2D eigenvalue weighted by Gasteiger charge is 2.38. The molecule has 1 amide bonds. The van der Waals surface area contributed by atoms with E-state index in [2.05, 4.69) is 15.4 Å². The Labute approximate surface area is 186 Å². The Morgan fingerprint density at radius 3 is 2.55 bits per heavy atom. The van der Waals surface area contributed by atoms with Crippen molar-refractivity contribution in [1.29, 1.82) is 5.26 Å². The Balaban J connectivity index is 1.33. The highest BCUT2D eigenvalue weighted by atomic mass is 19.3. The van der Waals surface area contributed by atoms with Gasteiger partial charge < -0.3 is 10.2 Å². The van der Waals surface area contributed by atoms with E-state index in [-0.39, 0.29) is 49.8 Å². The molecule has 1 saturated heterocycles. The molecular weight excluding hydrogens is 440 g/mol. The number of nitriles is 1. The largest absolute Gasteiger partial charge is 0.350 e. The monoisotopic (exact) mass is 458 g/mol. The van der Waals surface area contributed by atoms with Crippen LogP contribution in [0.4, 0.5) is 29.2 Å². The van der Waals surface area contributed by atoms with E-state index in [1.165, 1.54) is 34.1 Å². The predicted octanol–water partition coefficient (Wildman–Crippen LogP) is 3.50. The molecule has 1 aliphatic heterocycles. The second-order valence-corrected chi connectivity index (χ2v) is 7.72. The average molecular weight is 458 g/mol. The first kappa shape index (κ1) is 22.3. The maximum absolute atomic E-state index is 13.8. The number of anilines is 2. The van der Waals surface area contributed by atoms with Gasteiger partial charge in [0.25, 0.3) is 5.92 Å². The first-order valence-electron chi connectivity index (χ1n) is 10.0. The lowest BCUT2D eigenvalue weighted by Gasteiger charge is -2.17. The smallest absolute Gasteiger partial charge is 0.266 e. The van der Waals surface area contributed by atoms with E-state index >= 15 is 0 Å². The van der Waals surface area contributed by atoms with Crippen LogP contribution < -0.4 is 10.2 Å². The quantitative estimate of drug-likeness (QED) is 0.572. The molecule has 0 spiro atoms. The normalized spacial score (nSPS) is 14.8. The van der Waals surface area contributed by atoms with Crippen LogP contribution >= 0.6 is 0 Å². The molecule has 7 nitrogen and oxygen atoms in total. The van der Waals surface area contributed by atoms with Gasteiger partial charge in [0, 0.05) is 31.4 Å². The topological polar surface area (TPSA) is 86.8 Å². The molecule has 0 atom stereocenters. The van der Waals surface area contributed by atoms with Crippen LogP contribution in [0.25, 0.3) is 0 Å². The van der Waals surface area contributed by atoms with Crippen LogP contribution in [0, 0.1) is 23.0 Å². The summed E-state index contributed by atoms with van der Waals surface area (Å²) in [4.78, 5) is 18.0. The summed E-state index contributed by atoms with van der Waals surface area (Å²) in [5, 5.41) is 15.5. The fraction of sp³-hybridized carbons (Fsp3) is 0.273. The maximum atomic E-state index is 13.8. The molecule has 1 aromatic carbocycles. The van der Waals surface area contributed by atoms with E-state index in [0.29, 0.717) is 11.4 Å². The van der Waals surface area contributed by atoms with Gasteiger partial charge >= 0.3 is 0 Å². The lowest BCUT2D eigenvalue weighted by Crippen LogP contribution is -2.25. The minimum atomic E-state index is -2.72. The summed E-state index contributed by atoms with van der Waals surface area (Å²) in [6.07, 6.45) is 2.80. The molecule has 33 heavy (non-hydrogen) atoms. The number of hydrogen-bond donors (Lipinski definition) is 1. The predicted molar refractivity (Wildman–Crippen MR) is 111 cm³/mol. The van der Waals surface area contributed by atoms with Crippen LogP contribution in [0.15, 0.2) is 42.7 Å². The zero-order chi connectivity index (χ0) is 23.6. The maximum Gasteiger partial charge on any atom is 0.266 e. The number of benzene rings is 1. The molecule has 0 aliphatic carbocycles. The van der Waals surface area contributed by atoms with Gasteiger partial charge in [-0.1, -0.05) is 6.07 Å². The van der Waals surface area contributed by atoms with Crippen molar-refractivity contribution in [2.75, 3.05) is 23.3 Å². The van der Waals surface area contributed by atoms with Crippen molar-refractivity contribution in [2.45, 2.75) is 25.3 Å². The lowest BCUT2D eigenvalue weighted by molar-refractivity contribution is -0.115. The molecule has 3 heterocycles. The molecule has 0 radical (unpaired) electrons. The third-order valence-corrected chi connectivity index (χ3v) is 5.13. The molecule has 1 aliphatic rings. The second-order valence-electron chi connectivity index (χ2n) is 7.72. The fourth-order valence-electron chi connectivity index (χ4n) is 3.54. The Morgan fingerprint density at radius 2 is 1.94 bits per heavy atom. The molecule has 0 bridgehead atoms. The SMILES string of the molecule is N#Cc1c(F)cc(Cn2ccc(NC(=O)Cc3ccc(N4CCC(F)(F)C4)nc3)n2)cc1F. The number of carbonyl (C=O) groups is 1. The molecule has 0 saturated carbocycles. The first-order chi connectivity index (χ1) is 15.7. The minimum absolute atomic E-state index is 0.00233. The summed E-state index contributed by atoms with van der Waals surface area (Å²) in [6.45, 7) is -0.106. The number of carbonyl (C=O) groups excluding carboxylic acids is 1. The van der Waals surface area contributed by atoms with Crippen LogP contribution in [0.1, 0.15) is 23.1 Å². The Hall–Kier alpha value is -3.94. The number of rotatable bonds is 6. The van der Waals surface area contributed by atoms with Crippen LogP contribution in [0.2, 0.25) is 0 Å². The van der Waals surface area contributed by atoms with E-state index in [1.807, 2.05) is 0 Å². The fourth-order valence-corrected chi connectivity index (χ4v) is 3.54. The third kappa shape index (κ3) is 5.28. The van der Waals surface area contributed by atoms with E-state index < -0.39 is 23.1 Å². The number of pyridine rings is 1. The van der Waals surface area contributed by atoms with E-state index in [9.17, 15) is 22.4 Å². The van der Waals surface area contributed by atoms with Crippen molar-refractivity contribution in [3.8, 4) is 6.07 Å². The molecule has 11 heteroatoms. The Morgan fingerprint density at radius 1 is 1.18 bits per heavy atom. The molecule has 4 rings (SSSR count). The summed E-state index contributed by atoms with van der Waals surface area (Å²) in [6, 6.07) is 8.37. The van der Waals surface area contributed by atoms with Crippen LogP contribution in [0.3, 0.4) is 0 Å². The van der Waals surface area contributed by atoms with Gasteiger partial charge in [-0.25, -0.2) is 22.5 Å². The van der Waals surface area contributed by atoms with Gasteiger partial charge in [0.15, 0.2) is 5.82 Å². The van der Waals surface area contributed by atoms with E-state index in [1.54, 1.807) is 12.1 Å². The highest BCUT2D eigenvalue weighted by molar-refractivity contribution is 5.91. The number of alkyl halides is 2. The third-order valence-electron chi connectivity index (χ3n) is 5.13. The summed E-state index contributed by atoms with van der Waals surface area (Å²) in [5.41, 5.74) is 0.227. The zero-order valence-electron chi connectivity index (χ0n) is 17.2. The van der Waals surface area contributed by atoms with Gasteiger partial charge in [-0.2, -0.15) is 10.4 Å². The molecule has 3 aromatic rings. The van der Waals surface area contributed by atoms with Crippen molar-refractivity contribution in [3.05, 3.63) is 71.1 Å². The van der Waals surface area contributed by atoms with Crippen LogP contribution in [-0.4, -0.2) is 39.7 Å². The van der Waals surface area contributed by atoms with Crippen molar-refractivity contribution in [2.24, 2.45) is 0 Å². The van der Waals surface area contributed by atoms with Gasteiger partial charge in [-0.05, 0) is 29.3 Å². The number of nitrogens with zero attached hydrogens (tertiary/aromatic N) is 5. The summed E-state index contributed by atoms with van der Waals surface area (Å²) < 4.78 is 55.6. The molecule has 170 valence electrons. The second kappa shape index (κ2) is 8.90. The molecular formula is C22H18F4N6O. The number of halogens is 4. The van der Waals surface area contributed by atoms with E-state index in [0.717, 1.165) is 12.1 Å². The van der Waals surface area contributed by atoms with Crippen LogP contribution in [-0.2, 0) is 17.8 Å². The highest BCUT2D eigenvalue weighted by Crippen LogP contribution is 2.29. The molecule has 2 aromatic heterocycles. The first-order valence-corrected chi connectivity index (χ1v) is 10.0. The summed E-state index contributed by atoms with van der Waals surface area (Å²) in [5.74, 6) is -4.30. The van der Waals surface area contributed by atoms with Gasteiger partial charge in [0.2, 0.25) is 5.91 Å². The minimum Gasteiger partial charge on any atom is -0.350 e. The van der Waals surface area contributed by atoms with E-state index in [4.69, 9.17) is 5.26 Å². The van der Waals surface area contributed by atoms with Crippen molar-refractivity contribution < 1.29 is 22.4 Å². The van der Waals surface area contributed by atoms with Crippen molar-refractivity contribution >= 4 is 17.5 Å². The van der Waals surface area contributed by atoms with Gasteiger partial charge in [0.05, 0.1) is 19.5 Å². The van der Waals surface area contributed by atoms with Gasteiger partial charge in [-0.3, -0.25) is 9.48 Å². The Bertz CT molecular complexity index is 1200. The molecule has 0 unspecified atom stereocenters. The van der Waals surface area contributed by atoms with Gasteiger partial charge in [-0.15, -0.1) is 0 Å². The zero-order valence-corrected chi connectivity index (χ0v) is 17.2. The molecule has 1 N–H and O–H groups in total. The number of nitrogens with one attached hydrogen (secondary N) is 1. The van der Waals surface area contributed by atoms with Crippen molar-refractivity contribution in [3.63, 3.8) is 0 Å². The van der Waals surface area contributed by atoms with Gasteiger partial charge in [0.1, 0.15) is 29.1 Å². The Kier molecular flexibility index (Phi) is 6.00. The summed E-state index contributed by atoms with van der Waals surface area (Å²) in [7, 11) is 0. The van der Waals surface area contributed by atoms with Crippen LogP contribution in [0.5, 0.6) is 0 Å². The average Bonchev–Trinajstić information content (AvgIpc) is 3.33. The standard InChI is InChI=1S/C22H18F4N6O/c23-17-7-15(8-18(24)16(17)10-27)12-32-5-3-19(30-32)29-21(33)9-14-1-2-20(28-11-14)31-6-4-22(25,26)13-31/h1-3,5,7-8,11H,4,6,9,12-13H2,(H,29,30,33). The lowest BCUT2D eigenvalue weighted by atomic mass is 10.1. The molecule has 1 fully saturated rings.